The number of para-hydroxylation sites is 1. The average molecular weight is 535 g/mol. The molecule has 0 amide bonds. The van der Waals surface area contributed by atoms with Crippen molar-refractivity contribution in [3.63, 3.8) is 0 Å². The molecule has 4 heterocycles. The van der Waals surface area contributed by atoms with Gasteiger partial charge in [-0.15, -0.1) is 0 Å². The van der Waals surface area contributed by atoms with Crippen molar-refractivity contribution in [3.05, 3.63) is 86.3 Å². The highest BCUT2D eigenvalue weighted by atomic mass is 19.4. The standard InChI is InChI=1S/C28H25F3N6O2/c1-5-22-33-23-19(28(29,30)31)13-15(3)32-25(23)37(22)24-14(2)12-21-18(16(24)4)11-10-17-8-6-7-9-20(17)36(21)26-34-27(38)39-35-26/h6-9,12-13H,5,10-11H2,1-4H3,(H,34,35,38). The van der Waals surface area contributed by atoms with Crippen LogP contribution in [0.25, 0.3) is 16.9 Å². The lowest BCUT2D eigenvalue weighted by atomic mass is 9.95. The molecule has 200 valence electrons. The van der Waals surface area contributed by atoms with Gasteiger partial charge in [-0.2, -0.15) is 13.2 Å². The van der Waals surface area contributed by atoms with E-state index in [0.29, 0.717) is 25.1 Å². The maximum absolute atomic E-state index is 14.0. The Kier molecular flexibility index (Phi) is 5.63. The molecule has 0 spiro atoms. The molecule has 1 aliphatic rings. The summed E-state index contributed by atoms with van der Waals surface area (Å²) in [5.41, 5.74) is 5.65. The van der Waals surface area contributed by atoms with Crippen LogP contribution in [0.2, 0.25) is 0 Å². The van der Waals surface area contributed by atoms with Crippen LogP contribution in [-0.4, -0.2) is 24.7 Å². The second kappa shape index (κ2) is 8.82. The number of fused-ring (bicyclic) bond motifs is 3. The van der Waals surface area contributed by atoms with E-state index in [0.717, 1.165) is 45.4 Å². The van der Waals surface area contributed by atoms with Gasteiger partial charge >= 0.3 is 11.9 Å². The molecule has 1 N–H and O–H groups in total. The summed E-state index contributed by atoms with van der Waals surface area (Å²) < 4.78 is 48.6. The molecule has 1 aliphatic heterocycles. The number of halogens is 3. The monoisotopic (exact) mass is 534 g/mol. The molecule has 0 fully saturated rings. The Morgan fingerprint density at radius 3 is 2.51 bits per heavy atom. The molecular formula is C28H25F3N6O2. The molecule has 0 saturated heterocycles. The first-order chi connectivity index (χ1) is 18.6. The topological polar surface area (TPSA) is 92.8 Å². The summed E-state index contributed by atoms with van der Waals surface area (Å²) >= 11 is 0. The van der Waals surface area contributed by atoms with E-state index in [4.69, 9.17) is 4.52 Å². The third-order valence-corrected chi connectivity index (χ3v) is 7.26. The minimum absolute atomic E-state index is 0.159. The van der Waals surface area contributed by atoms with Gasteiger partial charge in [0.25, 0.3) is 5.95 Å². The predicted octanol–water partition coefficient (Wildman–Crippen LogP) is 6.17. The molecule has 3 aromatic heterocycles. The van der Waals surface area contributed by atoms with Crippen LogP contribution in [-0.2, 0) is 25.4 Å². The quantitative estimate of drug-likeness (QED) is 0.298. The zero-order chi connectivity index (χ0) is 27.6. The average Bonchev–Trinajstić information content (AvgIpc) is 3.42. The van der Waals surface area contributed by atoms with Crippen LogP contribution in [0, 0.1) is 20.8 Å². The van der Waals surface area contributed by atoms with E-state index < -0.39 is 17.5 Å². The summed E-state index contributed by atoms with van der Waals surface area (Å²) in [4.78, 5) is 25.4. The van der Waals surface area contributed by atoms with Gasteiger partial charge in [0, 0.05) is 12.1 Å². The van der Waals surface area contributed by atoms with Crippen LogP contribution >= 0.6 is 0 Å². The van der Waals surface area contributed by atoms with Crippen molar-refractivity contribution in [2.45, 2.75) is 53.1 Å². The van der Waals surface area contributed by atoms with Crippen molar-refractivity contribution in [2.24, 2.45) is 0 Å². The number of rotatable bonds is 3. The van der Waals surface area contributed by atoms with E-state index >= 15 is 0 Å². The summed E-state index contributed by atoms with van der Waals surface area (Å²) in [6, 6.07) is 10.9. The number of nitrogens with one attached hydrogen (secondary N) is 1. The number of imidazole rings is 1. The first kappa shape index (κ1) is 24.9. The van der Waals surface area contributed by atoms with Gasteiger partial charge in [0.15, 0.2) is 5.65 Å². The van der Waals surface area contributed by atoms with Gasteiger partial charge in [0.2, 0.25) is 0 Å². The Morgan fingerprint density at radius 1 is 1.05 bits per heavy atom. The van der Waals surface area contributed by atoms with Crippen molar-refractivity contribution >= 4 is 28.5 Å². The van der Waals surface area contributed by atoms with Crippen LogP contribution in [0.5, 0.6) is 0 Å². The Hall–Kier alpha value is -4.41. The number of aromatic nitrogens is 5. The molecule has 5 aromatic rings. The fourth-order valence-corrected chi connectivity index (χ4v) is 5.63. The van der Waals surface area contributed by atoms with Gasteiger partial charge < -0.3 is 0 Å². The van der Waals surface area contributed by atoms with Crippen molar-refractivity contribution < 1.29 is 17.7 Å². The molecule has 0 radical (unpaired) electrons. The number of pyridine rings is 1. The number of hydrogen-bond donors (Lipinski definition) is 1. The fourth-order valence-electron chi connectivity index (χ4n) is 5.63. The zero-order valence-corrected chi connectivity index (χ0v) is 21.8. The summed E-state index contributed by atoms with van der Waals surface area (Å²) in [5, 5.41) is 3.97. The molecule has 0 saturated carbocycles. The highest BCUT2D eigenvalue weighted by Crippen LogP contribution is 2.44. The number of aromatic amines is 1. The van der Waals surface area contributed by atoms with Gasteiger partial charge in [-0.1, -0.05) is 25.1 Å². The maximum Gasteiger partial charge on any atom is 0.440 e. The van der Waals surface area contributed by atoms with Gasteiger partial charge in [0.05, 0.1) is 22.6 Å². The second-order valence-electron chi connectivity index (χ2n) is 9.75. The molecule has 6 rings (SSSR count). The lowest BCUT2D eigenvalue weighted by Crippen LogP contribution is -2.16. The second-order valence-corrected chi connectivity index (χ2v) is 9.75. The minimum Gasteiger partial charge on any atom is -0.294 e. The molecular weight excluding hydrogens is 509 g/mol. The van der Waals surface area contributed by atoms with E-state index in [2.05, 4.69) is 20.1 Å². The van der Waals surface area contributed by atoms with E-state index in [1.807, 2.05) is 56.0 Å². The summed E-state index contributed by atoms with van der Waals surface area (Å²) in [6.45, 7) is 7.30. The summed E-state index contributed by atoms with van der Waals surface area (Å²) in [5.74, 6) is 0.0728. The fraction of sp³-hybridized carbons (Fsp3) is 0.286. The third kappa shape index (κ3) is 3.91. The SMILES string of the molecule is CCc1nc2c(C(F)(F)F)cc(C)nc2n1-c1c(C)cc2c(c1C)CCc1ccccc1N2c1noc(=O)[nH]1. The molecule has 39 heavy (non-hydrogen) atoms. The molecule has 0 unspecified atom stereocenters. The Balaban J connectivity index is 1.65. The molecule has 0 bridgehead atoms. The van der Waals surface area contributed by atoms with E-state index in [-0.39, 0.29) is 22.8 Å². The third-order valence-electron chi connectivity index (χ3n) is 7.26. The highest BCUT2D eigenvalue weighted by molar-refractivity contribution is 5.84. The summed E-state index contributed by atoms with van der Waals surface area (Å²) in [7, 11) is 0. The minimum atomic E-state index is -4.56. The number of alkyl halides is 3. The van der Waals surface area contributed by atoms with Gasteiger partial charge in [-0.3, -0.25) is 19.0 Å². The van der Waals surface area contributed by atoms with Crippen LogP contribution < -0.4 is 10.7 Å². The lowest BCUT2D eigenvalue weighted by molar-refractivity contribution is -0.136. The largest absolute Gasteiger partial charge is 0.440 e. The van der Waals surface area contributed by atoms with Crippen molar-refractivity contribution in [3.8, 4) is 5.69 Å². The number of nitrogens with zero attached hydrogens (tertiary/aromatic N) is 5. The van der Waals surface area contributed by atoms with Crippen molar-refractivity contribution in [2.75, 3.05) is 4.90 Å². The zero-order valence-electron chi connectivity index (χ0n) is 21.8. The van der Waals surface area contributed by atoms with Crippen LogP contribution in [0.3, 0.4) is 0 Å². The maximum atomic E-state index is 14.0. The first-order valence-electron chi connectivity index (χ1n) is 12.6. The van der Waals surface area contributed by atoms with Crippen LogP contribution in [0.4, 0.5) is 30.5 Å². The number of aryl methyl sites for hydroxylation is 4. The van der Waals surface area contributed by atoms with Gasteiger partial charge in [0.1, 0.15) is 11.3 Å². The van der Waals surface area contributed by atoms with E-state index in [9.17, 15) is 18.0 Å². The van der Waals surface area contributed by atoms with Crippen LogP contribution in [0.1, 0.15) is 46.3 Å². The highest BCUT2D eigenvalue weighted by Gasteiger charge is 2.36. The van der Waals surface area contributed by atoms with Crippen molar-refractivity contribution in [1.82, 2.24) is 24.7 Å². The molecule has 0 atom stereocenters. The van der Waals surface area contributed by atoms with Crippen LogP contribution in [0.15, 0.2) is 45.7 Å². The number of H-pyrrole nitrogens is 1. The first-order valence-corrected chi connectivity index (χ1v) is 12.6. The Bertz CT molecular complexity index is 1810. The molecule has 0 aliphatic carbocycles. The van der Waals surface area contributed by atoms with E-state index in [1.54, 1.807) is 11.5 Å². The Morgan fingerprint density at radius 2 is 1.82 bits per heavy atom. The lowest BCUT2D eigenvalue weighted by Gasteiger charge is -2.26. The number of anilines is 3. The van der Waals surface area contributed by atoms with E-state index in [1.165, 1.54) is 0 Å². The van der Waals surface area contributed by atoms with Crippen molar-refractivity contribution in [1.29, 1.82) is 0 Å². The number of hydrogen-bond acceptors (Lipinski definition) is 6. The smallest absolute Gasteiger partial charge is 0.294 e. The molecule has 11 heteroatoms. The van der Waals surface area contributed by atoms with Gasteiger partial charge in [-0.05, 0) is 79.2 Å². The summed E-state index contributed by atoms with van der Waals surface area (Å²) in [6.07, 6.45) is -2.76. The normalized spacial score (nSPS) is 13.5. The number of benzene rings is 2. The Labute approximate surface area is 221 Å². The molecule has 8 nitrogen and oxygen atoms in total. The molecule has 2 aromatic carbocycles. The van der Waals surface area contributed by atoms with Gasteiger partial charge in [-0.25, -0.2) is 14.8 Å². The predicted molar refractivity (Wildman–Crippen MR) is 140 cm³/mol.